The predicted octanol–water partition coefficient (Wildman–Crippen LogP) is 2.37. The molecule has 2 heterocycles. The third-order valence-corrected chi connectivity index (χ3v) is 4.99. The quantitative estimate of drug-likeness (QED) is 0.915. The van der Waals surface area contributed by atoms with Crippen molar-refractivity contribution in [3.05, 3.63) is 23.3 Å². The van der Waals surface area contributed by atoms with E-state index in [0.717, 1.165) is 30.0 Å². The number of carbonyl (C=O) groups excluding carboxylic acids is 1. The number of fused-ring (bicyclic) bond motifs is 1. The molecule has 1 aromatic heterocycles. The fourth-order valence-corrected chi connectivity index (χ4v) is 3.85. The SMILES string of the molecule is Cc1ccc(C)c2sc(N3CCCC3C(N)=O)nc12. The Kier molecular flexibility index (Phi) is 2.93. The number of aromatic nitrogens is 1. The summed E-state index contributed by atoms with van der Waals surface area (Å²) in [7, 11) is 0. The number of hydrogen-bond acceptors (Lipinski definition) is 4. The van der Waals surface area contributed by atoms with E-state index >= 15 is 0 Å². The first kappa shape index (κ1) is 12.4. The number of nitrogens with zero attached hydrogens (tertiary/aromatic N) is 2. The number of amides is 1. The first-order valence-electron chi connectivity index (χ1n) is 6.50. The number of rotatable bonds is 2. The standard InChI is InChI=1S/C14H17N3OS/c1-8-5-6-9(2)12-11(8)16-14(19-12)17-7-3-4-10(17)13(15)18/h5-6,10H,3-4,7H2,1-2H3,(H2,15,18). The molecule has 0 aliphatic carbocycles. The average Bonchev–Trinajstić information content (AvgIpc) is 2.99. The molecule has 3 rings (SSSR count). The Morgan fingerprint density at radius 3 is 2.84 bits per heavy atom. The molecule has 100 valence electrons. The zero-order chi connectivity index (χ0) is 13.6. The minimum absolute atomic E-state index is 0.193. The molecule has 4 nitrogen and oxygen atoms in total. The maximum absolute atomic E-state index is 11.5. The maximum Gasteiger partial charge on any atom is 0.240 e. The minimum atomic E-state index is -0.245. The smallest absolute Gasteiger partial charge is 0.240 e. The molecular weight excluding hydrogens is 258 g/mol. The van der Waals surface area contributed by atoms with Gasteiger partial charge in [0, 0.05) is 6.54 Å². The van der Waals surface area contributed by atoms with Crippen LogP contribution in [0, 0.1) is 13.8 Å². The fraction of sp³-hybridized carbons (Fsp3) is 0.429. The van der Waals surface area contributed by atoms with Crippen LogP contribution in [0.2, 0.25) is 0 Å². The van der Waals surface area contributed by atoms with Crippen molar-refractivity contribution in [1.82, 2.24) is 4.98 Å². The van der Waals surface area contributed by atoms with Crippen LogP contribution in [0.25, 0.3) is 10.2 Å². The van der Waals surface area contributed by atoms with Crippen molar-refractivity contribution in [2.75, 3.05) is 11.4 Å². The molecule has 0 spiro atoms. The van der Waals surface area contributed by atoms with Crippen molar-refractivity contribution >= 4 is 32.6 Å². The van der Waals surface area contributed by atoms with Crippen LogP contribution in [0.4, 0.5) is 5.13 Å². The summed E-state index contributed by atoms with van der Waals surface area (Å²) in [5.41, 5.74) is 8.94. The summed E-state index contributed by atoms with van der Waals surface area (Å²) in [6.45, 7) is 5.03. The second kappa shape index (κ2) is 4.49. The Morgan fingerprint density at radius 2 is 2.16 bits per heavy atom. The number of nitrogens with two attached hydrogens (primary N) is 1. The van der Waals surface area contributed by atoms with Crippen LogP contribution >= 0.6 is 11.3 Å². The molecule has 1 unspecified atom stereocenters. The molecule has 1 saturated heterocycles. The summed E-state index contributed by atoms with van der Waals surface area (Å²) >= 11 is 1.66. The Bertz CT molecular complexity index is 610. The molecule has 0 bridgehead atoms. The van der Waals surface area contributed by atoms with Gasteiger partial charge >= 0.3 is 0 Å². The first-order valence-corrected chi connectivity index (χ1v) is 7.32. The van der Waals surface area contributed by atoms with Crippen LogP contribution < -0.4 is 10.6 Å². The molecule has 1 amide bonds. The van der Waals surface area contributed by atoms with Gasteiger partial charge in [-0.25, -0.2) is 4.98 Å². The lowest BCUT2D eigenvalue weighted by atomic mass is 10.1. The monoisotopic (exact) mass is 275 g/mol. The van der Waals surface area contributed by atoms with E-state index in [4.69, 9.17) is 10.7 Å². The molecule has 2 N–H and O–H groups in total. The highest BCUT2D eigenvalue weighted by atomic mass is 32.1. The summed E-state index contributed by atoms with van der Waals surface area (Å²) in [5, 5.41) is 0.925. The number of primary amides is 1. The van der Waals surface area contributed by atoms with E-state index in [0.29, 0.717) is 0 Å². The van der Waals surface area contributed by atoms with Crippen molar-refractivity contribution in [3.63, 3.8) is 0 Å². The van der Waals surface area contributed by atoms with Gasteiger partial charge in [0.1, 0.15) is 6.04 Å². The molecular formula is C14H17N3OS. The molecule has 2 aromatic rings. The molecule has 1 aliphatic heterocycles. The Hall–Kier alpha value is -1.62. The molecule has 0 saturated carbocycles. The number of hydrogen-bond donors (Lipinski definition) is 1. The zero-order valence-corrected chi connectivity index (χ0v) is 12.0. The molecule has 1 aliphatic rings. The van der Waals surface area contributed by atoms with Gasteiger partial charge in [0.25, 0.3) is 0 Å². The second-order valence-corrected chi connectivity index (χ2v) is 6.10. The van der Waals surface area contributed by atoms with Gasteiger partial charge < -0.3 is 10.6 Å². The molecule has 19 heavy (non-hydrogen) atoms. The van der Waals surface area contributed by atoms with Crippen LogP contribution in [0.1, 0.15) is 24.0 Å². The first-order chi connectivity index (χ1) is 9.08. The van der Waals surface area contributed by atoms with Crippen molar-refractivity contribution in [1.29, 1.82) is 0 Å². The topological polar surface area (TPSA) is 59.2 Å². The molecule has 1 atom stereocenters. The highest BCUT2D eigenvalue weighted by molar-refractivity contribution is 7.22. The van der Waals surface area contributed by atoms with Gasteiger partial charge in [-0.05, 0) is 37.8 Å². The van der Waals surface area contributed by atoms with Crippen molar-refractivity contribution in [2.45, 2.75) is 32.7 Å². The lowest BCUT2D eigenvalue weighted by Crippen LogP contribution is -2.40. The van der Waals surface area contributed by atoms with Crippen molar-refractivity contribution in [3.8, 4) is 0 Å². The molecule has 1 fully saturated rings. The van der Waals surface area contributed by atoms with Crippen LogP contribution in [0.15, 0.2) is 12.1 Å². The van der Waals surface area contributed by atoms with Gasteiger partial charge in [-0.1, -0.05) is 23.5 Å². The van der Waals surface area contributed by atoms with Crippen LogP contribution in [-0.2, 0) is 4.79 Å². The average molecular weight is 275 g/mol. The summed E-state index contributed by atoms with van der Waals surface area (Å²) in [6.07, 6.45) is 1.84. The van der Waals surface area contributed by atoms with E-state index < -0.39 is 0 Å². The molecule has 0 radical (unpaired) electrons. The second-order valence-electron chi connectivity index (χ2n) is 5.13. The van der Waals surface area contributed by atoms with Gasteiger partial charge in [0.05, 0.1) is 10.2 Å². The van der Waals surface area contributed by atoms with E-state index in [2.05, 4.69) is 30.9 Å². The summed E-state index contributed by atoms with van der Waals surface area (Å²) in [4.78, 5) is 18.3. The number of aryl methyl sites for hydroxylation is 2. The number of benzene rings is 1. The number of carbonyl (C=O) groups is 1. The normalized spacial score (nSPS) is 19.3. The predicted molar refractivity (Wildman–Crippen MR) is 78.7 cm³/mol. The maximum atomic E-state index is 11.5. The van der Waals surface area contributed by atoms with Crippen molar-refractivity contribution in [2.24, 2.45) is 5.73 Å². The lowest BCUT2D eigenvalue weighted by Gasteiger charge is -2.20. The van der Waals surface area contributed by atoms with E-state index in [1.165, 1.54) is 15.8 Å². The Labute approximate surface area is 116 Å². The summed E-state index contributed by atoms with van der Waals surface area (Å²) < 4.78 is 1.21. The molecule has 5 heteroatoms. The highest BCUT2D eigenvalue weighted by Gasteiger charge is 2.31. The van der Waals surface area contributed by atoms with Gasteiger partial charge in [-0.15, -0.1) is 0 Å². The Morgan fingerprint density at radius 1 is 1.42 bits per heavy atom. The van der Waals surface area contributed by atoms with Gasteiger partial charge in [-0.2, -0.15) is 0 Å². The number of thiazole rings is 1. The van der Waals surface area contributed by atoms with E-state index in [-0.39, 0.29) is 11.9 Å². The number of anilines is 1. The van der Waals surface area contributed by atoms with Crippen molar-refractivity contribution < 1.29 is 4.79 Å². The summed E-state index contributed by atoms with van der Waals surface area (Å²) in [6, 6.07) is 4.02. The lowest BCUT2D eigenvalue weighted by molar-refractivity contribution is -0.119. The third-order valence-electron chi connectivity index (χ3n) is 3.76. The molecule has 1 aromatic carbocycles. The summed E-state index contributed by atoms with van der Waals surface area (Å²) in [5.74, 6) is -0.245. The van der Waals surface area contributed by atoms with Gasteiger partial charge in [0.15, 0.2) is 5.13 Å². The highest BCUT2D eigenvalue weighted by Crippen LogP contribution is 2.35. The minimum Gasteiger partial charge on any atom is -0.368 e. The largest absolute Gasteiger partial charge is 0.368 e. The Balaban J connectivity index is 2.09. The van der Waals surface area contributed by atoms with Gasteiger partial charge in [-0.3, -0.25) is 4.79 Å². The van der Waals surface area contributed by atoms with E-state index in [1.54, 1.807) is 11.3 Å². The van der Waals surface area contributed by atoms with E-state index in [9.17, 15) is 4.79 Å². The van der Waals surface area contributed by atoms with Crippen LogP contribution in [-0.4, -0.2) is 23.5 Å². The van der Waals surface area contributed by atoms with Crippen LogP contribution in [0.5, 0.6) is 0 Å². The zero-order valence-electron chi connectivity index (χ0n) is 11.1. The van der Waals surface area contributed by atoms with Gasteiger partial charge in [0.2, 0.25) is 5.91 Å². The fourth-order valence-electron chi connectivity index (χ4n) is 2.66. The van der Waals surface area contributed by atoms with E-state index in [1.807, 2.05) is 0 Å². The third kappa shape index (κ3) is 1.98. The van der Waals surface area contributed by atoms with Crippen LogP contribution in [0.3, 0.4) is 0 Å².